The summed E-state index contributed by atoms with van der Waals surface area (Å²) in [5, 5.41) is 0.906. The van der Waals surface area contributed by atoms with Crippen molar-refractivity contribution in [3.05, 3.63) is 70.9 Å². The molecule has 0 radical (unpaired) electrons. The summed E-state index contributed by atoms with van der Waals surface area (Å²) in [6.45, 7) is 4.25. The topological polar surface area (TPSA) is 62.9 Å². The smallest absolute Gasteiger partial charge is 0.361 e. The lowest BCUT2D eigenvalue weighted by Gasteiger charge is -2.43. The molecule has 7 nitrogen and oxygen atoms in total. The van der Waals surface area contributed by atoms with Gasteiger partial charge in [0.1, 0.15) is 0 Å². The Morgan fingerprint density at radius 1 is 0.809 bits per heavy atom. The molecule has 0 bridgehead atoms. The third kappa shape index (κ3) is 7.61. The number of nitrogens with one attached hydrogen (secondary N) is 1. The van der Waals surface area contributed by atoms with E-state index in [2.05, 4.69) is 9.88 Å². The Bertz CT molecular complexity index is 1540. The van der Waals surface area contributed by atoms with Crippen LogP contribution in [0.2, 0.25) is 0 Å². The second-order valence-electron chi connectivity index (χ2n) is 13.0. The summed E-state index contributed by atoms with van der Waals surface area (Å²) in [4.78, 5) is 38.1. The number of para-hydroxylation sites is 1. The van der Waals surface area contributed by atoms with E-state index in [-0.39, 0.29) is 38.2 Å². The number of halogens is 6. The number of nitrogens with zero attached hydrogens (tertiary/aromatic N) is 4. The molecule has 3 aliphatic rings. The Hall–Kier alpha value is -3.58. The number of aromatic nitrogens is 1. The number of aromatic amines is 1. The molecule has 3 saturated heterocycles. The highest BCUT2D eigenvalue weighted by atomic mass is 19.4. The zero-order valence-electron chi connectivity index (χ0n) is 26.0. The molecular weight excluding hydrogens is 624 g/mol. The quantitative estimate of drug-likeness (QED) is 0.327. The van der Waals surface area contributed by atoms with Gasteiger partial charge in [-0.3, -0.25) is 14.5 Å². The normalized spacial score (nSPS) is 21.0. The first kappa shape index (κ1) is 33.3. The van der Waals surface area contributed by atoms with Gasteiger partial charge in [0.25, 0.3) is 5.91 Å². The van der Waals surface area contributed by atoms with Crippen molar-refractivity contribution in [3.63, 3.8) is 0 Å². The van der Waals surface area contributed by atoms with Gasteiger partial charge in [-0.15, -0.1) is 0 Å². The largest absolute Gasteiger partial charge is 0.416 e. The molecule has 1 aromatic heterocycles. The molecule has 0 aliphatic carbocycles. The van der Waals surface area contributed by atoms with Crippen LogP contribution in [-0.2, 0) is 23.6 Å². The van der Waals surface area contributed by atoms with E-state index in [1.54, 1.807) is 6.20 Å². The average molecular weight is 664 g/mol. The summed E-state index contributed by atoms with van der Waals surface area (Å²) in [6.07, 6.45) is -2.50. The highest BCUT2D eigenvalue weighted by Crippen LogP contribution is 2.37. The van der Waals surface area contributed by atoms with Crippen molar-refractivity contribution >= 4 is 22.7 Å². The zero-order chi connectivity index (χ0) is 33.3. The maximum atomic E-state index is 13.8. The van der Waals surface area contributed by atoms with E-state index in [9.17, 15) is 35.9 Å². The summed E-state index contributed by atoms with van der Waals surface area (Å²) in [5.74, 6) is -0.919. The van der Waals surface area contributed by atoms with Gasteiger partial charge in [0.15, 0.2) is 0 Å². The Kier molecular flexibility index (Phi) is 9.57. The second kappa shape index (κ2) is 13.5. The van der Waals surface area contributed by atoms with Crippen LogP contribution in [0.5, 0.6) is 0 Å². The van der Waals surface area contributed by atoms with E-state index >= 15 is 0 Å². The van der Waals surface area contributed by atoms with Gasteiger partial charge in [-0.2, -0.15) is 26.3 Å². The molecule has 3 aliphatic heterocycles. The number of amides is 2. The first-order valence-corrected chi connectivity index (χ1v) is 16.3. The van der Waals surface area contributed by atoms with Crippen LogP contribution in [0.4, 0.5) is 26.3 Å². The number of benzene rings is 2. The fraction of sp³-hybridized carbons (Fsp3) is 0.529. The van der Waals surface area contributed by atoms with E-state index in [0.29, 0.717) is 37.7 Å². The van der Waals surface area contributed by atoms with Gasteiger partial charge < -0.3 is 19.7 Å². The first-order chi connectivity index (χ1) is 22.4. The van der Waals surface area contributed by atoms with Gasteiger partial charge in [0.2, 0.25) is 5.91 Å². The number of carbonyl (C=O) groups excluding carboxylic acids is 2. The zero-order valence-corrected chi connectivity index (χ0v) is 26.0. The Labute approximate surface area is 269 Å². The molecular formula is C34H39F6N5O2. The van der Waals surface area contributed by atoms with Gasteiger partial charge in [-0.05, 0) is 75.0 Å². The fourth-order valence-corrected chi connectivity index (χ4v) is 7.36. The van der Waals surface area contributed by atoms with Crippen molar-refractivity contribution < 1.29 is 35.9 Å². The van der Waals surface area contributed by atoms with Crippen molar-refractivity contribution in [1.82, 2.24) is 24.6 Å². The number of fused-ring (bicyclic) bond motifs is 1. The number of likely N-dealkylation sites (tertiary alicyclic amines) is 2. The molecule has 47 heavy (non-hydrogen) atoms. The predicted molar refractivity (Wildman–Crippen MR) is 165 cm³/mol. The molecule has 3 fully saturated rings. The first-order valence-electron chi connectivity index (χ1n) is 16.3. The molecule has 1 atom stereocenters. The third-order valence-corrected chi connectivity index (χ3v) is 9.88. The van der Waals surface area contributed by atoms with Gasteiger partial charge in [-0.25, -0.2) is 0 Å². The van der Waals surface area contributed by atoms with Crippen LogP contribution in [0, 0.1) is 0 Å². The van der Waals surface area contributed by atoms with Gasteiger partial charge in [0, 0.05) is 67.5 Å². The van der Waals surface area contributed by atoms with E-state index in [4.69, 9.17) is 0 Å². The molecule has 6 rings (SSSR count). The van der Waals surface area contributed by atoms with Crippen molar-refractivity contribution in [3.8, 4) is 0 Å². The van der Waals surface area contributed by atoms with Crippen LogP contribution in [0.25, 0.3) is 10.9 Å². The Morgan fingerprint density at radius 3 is 2.13 bits per heavy atom. The lowest BCUT2D eigenvalue weighted by molar-refractivity contribution is -0.143. The van der Waals surface area contributed by atoms with Crippen molar-refractivity contribution in [2.45, 2.75) is 63.0 Å². The summed E-state index contributed by atoms with van der Waals surface area (Å²) in [7, 11) is 0. The van der Waals surface area contributed by atoms with Crippen molar-refractivity contribution in [2.75, 3.05) is 52.4 Å². The summed E-state index contributed by atoms with van der Waals surface area (Å²) >= 11 is 0. The van der Waals surface area contributed by atoms with E-state index in [1.807, 2.05) is 34.1 Å². The van der Waals surface area contributed by atoms with Crippen LogP contribution in [0.3, 0.4) is 0 Å². The average Bonchev–Trinajstić information content (AvgIpc) is 3.46. The molecule has 2 amide bonds. The maximum Gasteiger partial charge on any atom is 0.416 e. The number of rotatable bonds is 6. The van der Waals surface area contributed by atoms with Crippen LogP contribution in [0.1, 0.15) is 59.2 Å². The molecule has 4 heterocycles. The van der Waals surface area contributed by atoms with Crippen LogP contribution < -0.4 is 0 Å². The van der Waals surface area contributed by atoms with Crippen LogP contribution in [0.15, 0.2) is 48.7 Å². The van der Waals surface area contributed by atoms with E-state index in [0.717, 1.165) is 42.4 Å². The lowest BCUT2D eigenvalue weighted by atomic mass is 9.98. The molecule has 3 aromatic rings. The Morgan fingerprint density at radius 2 is 1.47 bits per heavy atom. The van der Waals surface area contributed by atoms with E-state index in [1.165, 1.54) is 24.2 Å². The fourth-order valence-electron chi connectivity index (χ4n) is 7.36. The molecule has 1 N–H and O–H groups in total. The lowest BCUT2D eigenvalue weighted by Crippen LogP contribution is -2.58. The summed E-state index contributed by atoms with van der Waals surface area (Å²) in [5.41, 5.74) is -2.01. The highest BCUT2D eigenvalue weighted by Gasteiger charge is 2.40. The molecule has 13 heteroatoms. The van der Waals surface area contributed by atoms with Gasteiger partial charge >= 0.3 is 12.4 Å². The number of carbonyl (C=O) groups is 2. The predicted octanol–water partition coefficient (Wildman–Crippen LogP) is 6.05. The minimum absolute atomic E-state index is 0.0135. The number of alkyl halides is 6. The molecule has 0 saturated carbocycles. The number of hydrogen-bond acceptors (Lipinski definition) is 4. The molecule has 2 aromatic carbocycles. The third-order valence-electron chi connectivity index (χ3n) is 9.88. The Balaban J connectivity index is 1.20. The van der Waals surface area contributed by atoms with Gasteiger partial charge in [0.05, 0.1) is 17.7 Å². The minimum atomic E-state index is -5.07. The van der Waals surface area contributed by atoms with Crippen LogP contribution in [-0.4, -0.2) is 101 Å². The van der Waals surface area contributed by atoms with Crippen molar-refractivity contribution in [2.24, 2.45) is 0 Å². The van der Waals surface area contributed by atoms with Gasteiger partial charge in [-0.1, -0.05) is 24.6 Å². The van der Waals surface area contributed by atoms with Crippen LogP contribution >= 0.6 is 0 Å². The monoisotopic (exact) mass is 663 g/mol. The molecule has 1 unspecified atom stereocenters. The summed E-state index contributed by atoms with van der Waals surface area (Å²) < 4.78 is 81.7. The van der Waals surface area contributed by atoms with E-state index < -0.39 is 41.0 Å². The maximum absolute atomic E-state index is 13.8. The summed E-state index contributed by atoms with van der Waals surface area (Å²) in [6, 6.07) is 8.43. The molecule has 254 valence electrons. The minimum Gasteiger partial charge on any atom is -0.361 e. The number of piperazine rings is 1. The SMILES string of the molecule is O=C(CN1CCN(C(=O)c2cc(C(F)(F)F)cc(C(F)(F)F)c2)C(Cc2c[nH]c3ccccc23)C1)N1CCC(N2CCCCC2)CC1. The standard InChI is InChI=1S/C34H39F6N5O2/c35-33(36,37)25-16-23(17-26(19-25)34(38,39)40)32(47)45-15-14-42(21-28(45)18-24-20-41-30-7-3-2-6-29(24)30)22-31(46)44-12-8-27(9-13-44)43-10-4-1-5-11-43/h2-3,6-7,16-17,19-20,27-28,41H,1,4-5,8-15,18,21-22H2. The highest BCUT2D eigenvalue weighted by molar-refractivity contribution is 5.95. The molecule has 0 spiro atoms. The number of H-pyrrole nitrogens is 1. The van der Waals surface area contributed by atoms with Crippen molar-refractivity contribution in [1.29, 1.82) is 0 Å². The second-order valence-corrected chi connectivity index (χ2v) is 13.0. The number of piperidine rings is 2. The number of hydrogen-bond donors (Lipinski definition) is 1.